The Morgan fingerprint density at radius 1 is 1.09 bits per heavy atom. The maximum absolute atomic E-state index is 12.5. The quantitative estimate of drug-likeness (QED) is 0.0657. The molecule has 1 aliphatic heterocycles. The molecule has 2 aromatic carbocycles. The van der Waals surface area contributed by atoms with Crippen LogP contribution in [0.5, 0.6) is 11.5 Å². The number of piperazine rings is 1. The number of methoxy groups -OCH3 is 1. The number of ether oxygens (including phenoxy) is 2. The highest BCUT2D eigenvalue weighted by molar-refractivity contribution is 7.99. The number of amides is 2. The maximum atomic E-state index is 12.5. The van der Waals surface area contributed by atoms with E-state index < -0.39 is 11.4 Å². The molecule has 1 aromatic heterocycles. The lowest BCUT2D eigenvalue weighted by molar-refractivity contribution is -0.115. The van der Waals surface area contributed by atoms with Crippen LogP contribution in [0, 0.1) is 5.41 Å². The maximum Gasteiger partial charge on any atom is 0.411 e. The van der Waals surface area contributed by atoms with Gasteiger partial charge in [0.25, 0.3) is 5.84 Å². The summed E-state index contributed by atoms with van der Waals surface area (Å²) in [5.74, 6) is 1.32. The Kier molecular flexibility index (Phi) is 12.0. The Hall–Kier alpha value is -3.91. The third kappa shape index (κ3) is 10.0. The van der Waals surface area contributed by atoms with Crippen LogP contribution in [-0.2, 0) is 0 Å². The number of benzene rings is 2. The molecule has 0 saturated carbocycles. The van der Waals surface area contributed by atoms with Crippen molar-refractivity contribution >= 4 is 40.2 Å². The van der Waals surface area contributed by atoms with E-state index in [1.54, 1.807) is 13.2 Å². The highest BCUT2D eigenvalue weighted by Crippen LogP contribution is 2.37. The molecule has 2 amide bonds. The van der Waals surface area contributed by atoms with Crippen LogP contribution in [-0.4, -0.2) is 101 Å². The van der Waals surface area contributed by atoms with Gasteiger partial charge in [-0.1, -0.05) is 38.6 Å². The molecule has 4 rings (SSSR count). The van der Waals surface area contributed by atoms with Crippen LogP contribution in [0.1, 0.15) is 27.2 Å². The van der Waals surface area contributed by atoms with Crippen molar-refractivity contribution in [3.8, 4) is 11.5 Å². The van der Waals surface area contributed by atoms with E-state index in [9.17, 15) is 9.90 Å². The third-order valence-electron chi connectivity index (χ3n) is 7.27. The first-order chi connectivity index (χ1) is 21.5. The third-order valence-corrected chi connectivity index (χ3v) is 8.27. The smallest absolute Gasteiger partial charge is 0.411 e. The standard InChI is InChI=1S/C32H43N7O5S/c1-32(2,3)28(41)20-29(33)37-31(42)36-22-7-5-8-23(17-22)45-30-24-18-26(43-4)27(19-25(24)34-21-35-30)44-16-6-9-38-10-12-39(13-11-38)14-15-40/h5,7-8,17-21,40-41H,6,9-16H2,1-4H3,(H3,33,36,37,42)/p+1/b28-20-. The molecule has 2 heterocycles. The predicted octanol–water partition coefficient (Wildman–Crippen LogP) is 2.94. The summed E-state index contributed by atoms with van der Waals surface area (Å²) in [6.07, 6.45) is 3.74. The molecule has 0 spiro atoms. The van der Waals surface area contributed by atoms with Crippen LogP contribution < -0.4 is 25.5 Å². The minimum atomic E-state index is -0.530. The second kappa shape index (κ2) is 15.9. The lowest BCUT2D eigenvalue weighted by atomic mass is 9.93. The van der Waals surface area contributed by atoms with Crippen LogP contribution in [0.3, 0.4) is 0 Å². The molecule has 1 saturated heterocycles. The van der Waals surface area contributed by atoms with Gasteiger partial charge >= 0.3 is 6.03 Å². The van der Waals surface area contributed by atoms with Gasteiger partial charge in [0.1, 0.15) is 17.1 Å². The first kappa shape index (κ1) is 34.0. The highest BCUT2D eigenvalue weighted by atomic mass is 32.2. The summed E-state index contributed by atoms with van der Waals surface area (Å²) >= 11 is 1.43. The van der Waals surface area contributed by atoms with Gasteiger partial charge in [0, 0.05) is 66.7 Å². The van der Waals surface area contributed by atoms with Crippen molar-refractivity contribution in [1.29, 1.82) is 0 Å². The van der Waals surface area contributed by atoms with Crippen molar-refractivity contribution in [3.63, 3.8) is 0 Å². The van der Waals surface area contributed by atoms with Crippen molar-refractivity contribution < 1.29 is 29.9 Å². The molecule has 0 atom stereocenters. The zero-order valence-electron chi connectivity index (χ0n) is 26.4. The number of hydrogen-bond acceptors (Lipinski definition) is 10. The van der Waals surface area contributed by atoms with Crippen molar-refractivity contribution in [2.45, 2.75) is 37.1 Å². The normalized spacial score (nSPS) is 14.7. The van der Waals surface area contributed by atoms with Gasteiger partial charge in [-0.25, -0.2) is 14.8 Å². The van der Waals surface area contributed by atoms with E-state index in [2.05, 4.69) is 30.4 Å². The van der Waals surface area contributed by atoms with Crippen molar-refractivity contribution in [1.82, 2.24) is 25.1 Å². The fourth-order valence-corrected chi connectivity index (χ4v) is 5.61. The summed E-state index contributed by atoms with van der Waals surface area (Å²) < 4.78 is 11.8. The van der Waals surface area contributed by atoms with Crippen molar-refractivity contribution in [2.75, 3.05) is 64.9 Å². The van der Waals surface area contributed by atoms with Crippen LogP contribution in [0.2, 0.25) is 0 Å². The zero-order chi connectivity index (χ0) is 32.4. The minimum Gasteiger partial charge on any atom is -0.511 e. The van der Waals surface area contributed by atoms with Crippen LogP contribution >= 0.6 is 11.8 Å². The summed E-state index contributed by atoms with van der Waals surface area (Å²) in [6, 6.07) is 10.6. The molecule has 242 valence electrons. The summed E-state index contributed by atoms with van der Waals surface area (Å²) in [4.78, 5) is 27.1. The fraction of sp³-hybridized carbons (Fsp3) is 0.438. The number of carbonyl (C=O) groups excluding carboxylic acids is 1. The Labute approximate surface area is 268 Å². The molecular formula is C32H44N7O5S+. The fourth-order valence-electron chi connectivity index (χ4n) is 4.68. The number of hydrogen-bond donors (Lipinski definition) is 5. The van der Waals surface area contributed by atoms with Gasteiger partial charge in [0.15, 0.2) is 11.5 Å². The van der Waals surface area contributed by atoms with E-state index in [1.165, 1.54) is 24.2 Å². The summed E-state index contributed by atoms with van der Waals surface area (Å²) in [7, 11) is 1.61. The predicted molar refractivity (Wildman–Crippen MR) is 176 cm³/mol. The molecular weight excluding hydrogens is 594 g/mol. The number of nitrogens with zero attached hydrogens (tertiary/aromatic N) is 4. The van der Waals surface area contributed by atoms with Crippen molar-refractivity contribution in [3.05, 3.63) is 54.6 Å². The van der Waals surface area contributed by atoms with Gasteiger partial charge in [0.05, 0.1) is 31.9 Å². The number of aliphatic hydroxyl groups excluding tert-OH is 2. The minimum absolute atomic E-state index is 0.0311. The monoisotopic (exact) mass is 638 g/mol. The largest absolute Gasteiger partial charge is 0.511 e. The van der Waals surface area contributed by atoms with Crippen LogP contribution in [0.4, 0.5) is 10.5 Å². The Morgan fingerprint density at radius 2 is 1.82 bits per heavy atom. The number of rotatable bonds is 12. The lowest BCUT2D eigenvalue weighted by Gasteiger charge is -2.34. The number of anilines is 1. The average molecular weight is 639 g/mol. The summed E-state index contributed by atoms with van der Waals surface area (Å²) in [5.41, 5.74) is 0.804. The van der Waals surface area contributed by atoms with E-state index >= 15 is 0 Å². The molecule has 13 heteroatoms. The number of carbonyl (C=O) groups is 1. The Balaban J connectivity index is 1.36. The van der Waals surface area contributed by atoms with E-state index in [0.29, 0.717) is 23.8 Å². The molecule has 0 unspecified atom stereocenters. The van der Waals surface area contributed by atoms with Gasteiger partial charge in [-0.2, -0.15) is 5.32 Å². The molecule has 3 aromatic rings. The number of β-amino-alcohol motifs (C(OH)–C–C–N with tert-alkyl or cyclic N) is 1. The number of fused-ring (bicyclic) bond motifs is 1. The Morgan fingerprint density at radius 3 is 2.51 bits per heavy atom. The number of nitrogens with one attached hydrogen (secondary N) is 2. The molecule has 0 bridgehead atoms. The van der Waals surface area contributed by atoms with Gasteiger partial charge < -0.3 is 24.6 Å². The van der Waals surface area contributed by atoms with Gasteiger partial charge in [-0.3, -0.25) is 15.6 Å². The second-order valence-corrected chi connectivity index (χ2v) is 12.8. The number of allylic oxidation sites excluding steroid dienone is 1. The number of nitrogens with two attached hydrogens (primary N) is 1. The molecule has 1 fully saturated rings. The SMILES string of the molecule is COc1cc2c(Sc3cccc(NC(=O)NC(=[NH2+])/C=C(\O)C(C)(C)C)c3)ncnc2cc1OCCCN1CCN(CCO)CC1. The van der Waals surface area contributed by atoms with E-state index in [0.717, 1.165) is 66.5 Å². The number of amidine groups is 1. The number of aliphatic hydroxyl groups is 2. The van der Waals surface area contributed by atoms with Gasteiger partial charge in [0.2, 0.25) is 0 Å². The number of urea groups is 1. The molecule has 0 aliphatic carbocycles. The van der Waals surface area contributed by atoms with E-state index in [-0.39, 0.29) is 18.2 Å². The number of aromatic nitrogens is 2. The first-order valence-electron chi connectivity index (χ1n) is 15.0. The van der Waals surface area contributed by atoms with Gasteiger partial charge in [-0.15, -0.1) is 0 Å². The molecule has 45 heavy (non-hydrogen) atoms. The molecule has 0 radical (unpaired) electrons. The van der Waals surface area contributed by atoms with Crippen LogP contribution in [0.15, 0.2) is 64.5 Å². The molecule has 6 N–H and O–H groups in total. The van der Waals surface area contributed by atoms with Crippen molar-refractivity contribution in [2.24, 2.45) is 5.41 Å². The topological polar surface area (TPSA) is 158 Å². The van der Waals surface area contributed by atoms with E-state index in [4.69, 9.17) is 20.0 Å². The van der Waals surface area contributed by atoms with Gasteiger partial charge in [-0.05, 0) is 30.7 Å². The zero-order valence-corrected chi connectivity index (χ0v) is 27.2. The van der Waals surface area contributed by atoms with Crippen LogP contribution in [0.25, 0.3) is 10.9 Å². The second-order valence-electron chi connectivity index (χ2n) is 11.8. The van der Waals surface area contributed by atoms with E-state index in [1.807, 2.05) is 51.1 Å². The average Bonchev–Trinajstić information content (AvgIpc) is 2.99. The first-order valence-corrected chi connectivity index (χ1v) is 15.8. The molecule has 1 aliphatic rings. The summed E-state index contributed by atoms with van der Waals surface area (Å²) in [6.45, 7) is 11.9. The Bertz CT molecular complexity index is 1500. The summed E-state index contributed by atoms with van der Waals surface area (Å²) in [5, 5.41) is 32.0. The highest BCUT2D eigenvalue weighted by Gasteiger charge is 2.20. The lowest BCUT2D eigenvalue weighted by Crippen LogP contribution is -2.51. The molecule has 12 nitrogen and oxygen atoms in total.